The third kappa shape index (κ3) is 7.50. The van der Waals surface area contributed by atoms with E-state index < -0.39 is 0 Å². The van der Waals surface area contributed by atoms with Crippen LogP contribution in [0.1, 0.15) is 44.8 Å². The zero-order chi connectivity index (χ0) is 15.5. The Kier molecular flexibility index (Phi) is 7.88. The van der Waals surface area contributed by atoms with Crippen LogP contribution in [0.5, 0.6) is 0 Å². The fraction of sp³-hybridized carbons (Fsp3) is 0.706. The summed E-state index contributed by atoms with van der Waals surface area (Å²) in [6, 6.07) is 3.80. The lowest BCUT2D eigenvalue weighted by atomic mass is 10.2. The van der Waals surface area contributed by atoms with Gasteiger partial charge in [0.1, 0.15) is 12.4 Å². The van der Waals surface area contributed by atoms with Gasteiger partial charge in [0, 0.05) is 26.2 Å². The van der Waals surface area contributed by atoms with Crippen molar-refractivity contribution < 1.29 is 9.15 Å². The predicted octanol–water partition coefficient (Wildman–Crippen LogP) is 2.93. The summed E-state index contributed by atoms with van der Waals surface area (Å²) < 4.78 is 10.8. The van der Waals surface area contributed by atoms with Gasteiger partial charge in [-0.2, -0.15) is 0 Å². The number of aliphatic imine (C=N–C) groups is 1. The van der Waals surface area contributed by atoms with E-state index in [0.29, 0.717) is 13.2 Å². The minimum absolute atomic E-state index is 0.538. The fourth-order valence-corrected chi connectivity index (χ4v) is 2.27. The summed E-state index contributed by atoms with van der Waals surface area (Å²) in [6.07, 6.45) is 8.05. The molecule has 0 bridgehead atoms. The first kappa shape index (κ1) is 16.9. The van der Waals surface area contributed by atoms with Gasteiger partial charge in [-0.05, 0) is 44.2 Å². The third-order valence-corrected chi connectivity index (χ3v) is 3.66. The lowest BCUT2D eigenvalue weighted by Gasteiger charge is -2.11. The molecule has 0 spiro atoms. The van der Waals surface area contributed by atoms with E-state index in [4.69, 9.17) is 9.15 Å². The van der Waals surface area contributed by atoms with Gasteiger partial charge in [-0.25, -0.2) is 0 Å². The highest BCUT2D eigenvalue weighted by Crippen LogP contribution is 2.33. The molecule has 1 aromatic rings. The Labute approximate surface area is 133 Å². The number of rotatable bonds is 11. The number of hydrogen-bond acceptors (Lipinski definition) is 3. The standard InChI is InChI=1S/C17H29N3O2/c1-2-18-17(19-10-3-6-15-8-9-15)20-11-5-12-21-14-16-7-4-13-22-16/h4,7,13,15H,2-3,5-6,8-12,14H2,1H3,(H2,18,19,20). The Balaban J connectivity index is 1.51. The van der Waals surface area contributed by atoms with Gasteiger partial charge in [-0.15, -0.1) is 0 Å². The zero-order valence-corrected chi connectivity index (χ0v) is 13.6. The van der Waals surface area contributed by atoms with E-state index in [1.807, 2.05) is 12.1 Å². The van der Waals surface area contributed by atoms with Crippen LogP contribution in [0.3, 0.4) is 0 Å². The Morgan fingerprint density at radius 3 is 3.00 bits per heavy atom. The average molecular weight is 307 g/mol. The molecule has 0 radical (unpaired) electrons. The summed E-state index contributed by atoms with van der Waals surface area (Å²) >= 11 is 0. The van der Waals surface area contributed by atoms with Crippen LogP contribution in [0.15, 0.2) is 27.8 Å². The molecule has 2 rings (SSSR count). The van der Waals surface area contributed by atoms with Crippen molar-refractivity contribution in [2.24, 2.45) is 10.9 Å². The van der Waals surface area contributed by atoms with Gasteiger partial charge in [0.15, 0.2) is 5.96 Å². The van der Waals surface area contributed by atoms with Crippen molar-refractivity contribution >= 4 is 5.96 Å². The number of nitrogens with one attached hydrogen (secondary N) is 2. The van der Waals surface area contributed by atoms with Gasteiger partial charge in [0.05, 0.1) is 6.26 Å². The van der Waals surface area contributed by atoms with E-state index >= 15 is 0 Å². The maximum absolute atomic E-state index is 5.55. The maximum atomic E-state index is 5.55. The van der Waals surface area contributed by atoms with Crippen molar-refractivity contribution in [3.63, 3.8) is 0 Å². The first-order valence-electron chi connectivity index (χ1n) is 8.50. The minimum Gasteiger partial charge on any atom is -0.467 e. The monoisotopic (exact) mass is 307 g/mol. The van der Waals surface area contributed by atoms with Crippen molar-refractivity contribution in [3.05, 3.63) is 24.2 Å². The Morgan fingerprint density at radius 1 is 1.36 bits per heavy atom. The summed E-state index contributed by atoms with van der Waals surface area (Å²) in [4.78, 5) is 4.57. The molecule has 0 aromatic carbocycles. The van der Waals surface area contributed by atoms with Crippen LogP contribution in [0.4, 0.5) is 0 Å². The zero-order valence-electron chi connectivity index (χ0n) is 13.6. The van der Waals surface area contributed by atoms with Gasteiger partial charge >= 0.3 is 0 Å². The molecular formula is C17H29N3O2. The number of furan rings is 1. The van der Waals surface area contributed by atoms with Crippen molar-refractivity contribution in [3.8, 4) is 0 Å². The second-order valence-electron chi connectivity index (χ2n) is 5.76. The number of guanidine groups is 1. The molecular weight excluding hydrogens is 278 g/mol. The second-order valence-corrected chi connectivity index (χ2v) is 5.76. The lowest BCUT2D eigenvalue weighted by Crippen LogP contribution is -2.37. The van der Waals surface area contributed by atoms with Crippen LogP contribution in [0.2, 0.25) is 0 Å². The van der Waals surface area contributed by atoms with E-state index in [9.17, 15) is 0 Å². The maximum Gasteiger partial charge on any atom is 0.191 e. The molecule has 5 nitrogen and oxygen atoms in total. The molecule has 1 aliphatic rings. The van der Waals surface area contributed by atoms with Crippen molar-refractivity contribution in [2.45, 2.75) is 45.6 Å². The predicted molar refractivity (Wildman–Crippen MR) is 88.9 cm³/mol. The Morgan fingerprint density at radius 2 is 2.27 bits per heavy atom. The van der Waals surface area contributed by atoms with Gasteiger partial charge in [0.2, 0.25) is 0 Å². The molecule has 1 aliphatic carbocycles. The molecule has 0 saturated heterocycles. The summed E-state index contributed by atoms with van der Waals surface area (Å²) in [5.74, 6) is 2.80. The van der Waals surface area contributed by atoms with Crippen LogP contribution in [-0.2, 0) is 11.3 Å². The SMILES string of the molecule is CCNC(=NCCCOCc1ccco1)NCCCC1CC1. The van der Waals surface area contributed by atoms with E-state index in [1.165, 1.54) is 25.7 Å². The molecule has 124 valence electrons. The molecule has 1 aromatic heterocycles. The highest BCUT2D eigenvalue weighted by atomic mass is 16.5. The first-order valence-corrected chi connectivity index (χ1v) is 8.50. The number of ether oxygens (including phenoxy) is 1. The van der Waals surface area contributed by atoms with Crippen LogP contribution >= 0.6 is 0 Å². The molecule has 1 saturated carbocycles. The topological polar surface area (TPSA) is 58.8 Å². The van der Waals surface area contributed by atoms with E-state index in [2.05, 4.69) is 22.5 Å². The highest BCUT2D eigenvalue weighted by Gasteiger charge is 2.19. The highest BCUT2D eigenvalue weighted by molar-refractivity contribution is 5.79. The molecule has 0 unspecified atom stereocenters. The number of nitrogens with zero attached hydrogens (tertiary/aromatic N) is 1. The van der Waals surface area contributed by atoms with Crippen LogP contribution in [0, 0.1) is 5.92 Å². The van der Waals surface area contributed by atoms with Crippen LogP contribution in [-0.4, -0.2) is 32.2 Å². The van der Waals surface area contributed by atoms with Gasteiger partial charge in [0.25, 0.3) is 0 Å². The second kappa shape index (κ2) is 10.3. The quantitative estimate of drug-likeness (QED) is 0.375. The molecule has 22 heavy (non-hydrogen) atoms. The van der Waals surface area contributed by atoms with Crippen LogP contribution < -0.4 is 10.6 Å². The summed E-state index contributed by atoms with van der Waals surface area (Å²) in [5.41, 5.74) is 0. The van der Waals surface area contributed by atoms with E-state index in [1.54, 1.807) is 6.26 Å². The third-order valence-electron chi connectivity index (χ3n) is 3.66. The van der Waals surface area contributed by atoms with Crippen molar-refractivity contribution in [2.75, 3.05) is 26.2 Å². The first-order chi connectivity index (χ1) is 10.9. The minimum atomic E-state index is 0.538. The molecule has 0 aliphatic heterocycles. The Hall–Kier alpha value is -1.49. The summed E-state index contributed by atoms with van der Waals surface area (Å²) in [7, 11) is 0. The average Bonchev–Trinajstić information content (AvgIpc) is 3.20. The summed E-state index contributed by atoms with van der Waals surface area (Å²) in [6.45, 7) is 6.01. The molecule has 5 heteroatoms. The number of hydrogen-bond donors (Lipinski definition) is 2. The van der Waals surface area contributed by atoms with Gasteiger partial charge in [-0.1, -0.05) is 12.8 Å². The fourth-order valence-electron chi connectivity index (χ4n) is 2.27. The van der Waals surface area contributed by atoms with Crippen molar-refractivity contribution in [1.82, 2.24) is 10.6 Å². The van der Waals surface area contributed by atoms with E-state index in [0.717, 1.165) is 43.7 Å². The molecule has 0 atom stereocenters. The normalized spacial score (nSPS) is 15.0. The molecule has 1 heterocycles. The van der Waals surface area contributed by atoms with Crippen LogP contribution in [0.25, 0.3) is 0 Å². The Bertz CT molecular complexity index is 414. The summed E-state index contributed by atoms with van der Waals surface area (Å²) in [5, 5.41) is 6.68. The lowest BCUT2D eigenvalue weighted by molar-refractivity contribution is 0.105. The van der Waals surface area contributed by atoms with Gasteiger partial charge in [-0.3, -0.25) is 4.99 Å². The largest absolute Gasteiger partial charge is 0.467 e. The van der Waals surface area contributed by atoms with E-state index in [-0.39, 0.29) is 0 Å². The van der Waals surface area contributed by atoms with Gasteiger partial charge < -0.3 is 19.8 Å². The van der Waals surface area contributed by atoms with Crippen molar-refractivity contribution in [1.29, 1.82) is 0 Å². The molecule has 2 N–H and O–H groups in total. The molecule has 0 amide bonds. The molecule has 1 fully saturated rings. The smallest absolute Gasteiger partial charge is 0.191 e.